The van der Waals surface area contributed by atoms with Crippen LogP contribution in [0.3, 0.4) is 0 Å². The lowest BCUT2D eigenvalue weighted by Gasteiger charge is -2.22. The zero-order valence-corrected chi connectivity index (χ0v) is 10.7. The summed E-state index contributed by atoms with van der Waals surface area (Å²) in [5.41, 5.74) is 5.97. The van der Waals surface area contributed by atoms with Gasteiger partial charge in [-0.15, -0.1) is 12.4 Å². The van der Waals surface area contributed by atoms with E-state index in [0.29, 0.717) is 17.9 Å². The largest absolute Gasteiger partial charge is 0.467 e. The molecule has 0 saturated heterocycles. The molecule has 1 aromatic rings. The van der Waals surface area contributed by atoms with Crippen molar-refractivity contribution in [3.63, 3.8) is 0 Å². The van der Waals surface area contributed by atoms with E-state index in [2.05, 4.69) is 6.92 Å². The maximum Gasteiger partial charge on any atom is 0.257 e. The maximum atomic E-state index is 11.9. The average molecular weight is 247 g/mol. The number of furan rings is 1. The van der Waals surface area contributed by atoms with E-state index in [4.69, 9.17) is 10.2 Å². The topological polar surface area (TPSA) is 59.5 Å². The predicted molar refractivity (Wildman–Crippen MR) is 65.7 cm³/mol. The van der Waals surface area contributed by atoms with Gasteiger partial charge in [-0.25, -0.2) is 0 Å². The van der Waals surface area contributed by atoms with Gasteiger partial charge in [-0.3, -0.25) is 4.79 Å². The third kappa shape index (κ3) is 3.25. The molecule has 1 unspecified atom stereocenters. The molecule has 0 bridgehead atoms. The molecule has 1 aromatic heterocycles. The molecule has 16 heavy (non-hydrogen) atoms. The molecule has 2 N–H and O–H groups in total. The molecular weight excluding hydrogens is 228 g/mol. The first-order valence-electron chi connectivity index (χ1n) is 5.14. The van der Waals surface area contributed by atoms with E-state index >= 15 is 0 Å². The number of nitrogens with zero attached hydrogens (tertiary/aromatic N) is 1. The van der Waals surface area contributed by atoms with Crippen LogP contribution in [0.5, 0.6) is 0 Å². The molecule has 0 aliphatic heterocycles. The second kappa shape index (κ2) is 6.55. The zero-order valence-electron chi connectivity index (χ0n) is 9.90. The van der Waals surface area contributed by atoms with Gasteiger partial charge in [-0.05, 0) is 19.4 Å². The molecule has 92 valence electrons. The fraction of sp³-hybridized carbons (Fsp3) is 0.545. The molecule has 0 aromatic carbocycles. The summed E-state index contributed by atoms with van der Waals surface area (Å²) in [6.45, 7) is 4.39. The molecule has 0 radical (unpaired) electrons. The summed E-state index contributed by atoms with van der Waals surface area (Å²) >= 11 is 0. The van der Waals surface area contributed by atoms with Gasteiger partial charge in [0.2, 0.25) is 0 Å². The van der Waals surface area contributed by atoms with Crippen molar-refractivity contribution in [2.75, 3.05) is 7.05 Å². The van der Waals surface area contributed by atoms with Crippen LogP contribution in [0, 0.1) is 0 Å². The fourth-order valence-electron chi connectivity index (χ4n) is 1.28. The van der Waals surface area contributed by atoms with Gasteiger partial charge in [0.1, 0.15) is 12.0 Å². The minimum atomic E-state index is -0.0206. The van der Waals surface area contributed by atoms with E-state index in [9.17, 15) is 4.79 Å². The van der Waals surface area contributed by atoms with Crippen LogP contribution in [0.15, 0.2) is 16.7 Å². The molecule has 0 spiro atoms. The van der Waals surface area contributed by atoms with Crippen LogP contribution in [-0.4, -0.2) is 23.9 Å². The van der Waals surface area contributed by atoms with E-state index in [1.54, 1.807) is 18.0 Å². The van der Waals surface area contributed by atoms with Crippen LogP contribution in [0.2, 0.25) is 0 Å². The van der Waals surface area contributed by atoms with Gasteiger partial charge in [0.05, 0.1) is 12.1 Å². The van der Waals surface area contributed by atoms with Crippen LogP contribution < -0.4 is 5.73 Å². The summed E-state index contributed by atoms with van der Waals surface area (Å²) < 4.78 is 5.13. The Hall–Kier alpha value is -1.00. The van der Waals surface area contributed by atoms with Crippen LogP contribution in [-0.2, 0) is 6.54 Å². The summed E-state index contributed by atoms with van der Waals surface area (Å²) in [5, 5.41) is 0. The normalized spacial score (nSPS) is 11.8. The third-order valence-corrected chi connectivity index (χ3v) is 2.67. The molecule has 0 saturated carbocycles. The number of halogens is 1. The lowest BCUT2D eigenvalue weighted by molar-refractivity contribution is 0.0740. The molecule has 1 atom stereocenters. The first-order chi connectivity index (χ1) is 7.10. The van der Waals surface area contributed by atoms with Crippen molar-refractivity contribution in [3.8, 4) is 0 Å². The smallest absolute Gasteiger partial charge is 0.257 e. The van der Waals surface area contributed by atoms with Gasteiger partial charge >= 0.3 is 0 Å². The number of hydrogen-bond acceptors (Lipinski definition) is 3. The summed E-state index contributed by atoms with van der Waals surface area (Å²) in [6, 6.07) is 1.93. The Morgan fingerprint density at radius 1 is 1.62 bits per heavy atom. The first kappa shape index (κ1) is 15.0. The second-order valence-corrected chi connectivity index (χ2v) is 3.68. The number of nitrogens with two attached hydrogens (primary N) is 1. The van der Waals surface area contributed by atoms with Crippen LogP contribution >= 0.6 is 12.4 Å². The highest BCUT2D eigenvalue weighted by atomic mass is 35.5. The lowest BCUT2D eigenvalue weighted by atomic mass is 10.2. The molecule has 0 aliphatic carbocycles. The Morgan fingerprint density at radius 2 is 2.25 bits per heavy atom. The Labute approximate surface area is 102 Å². The number of carbonyl (C=O) groups excluding carboxylic acids is 1. The molecule has 1 amide bonds. The van der Waals surface area contributed by atoms with E-state index in [0.717, 1.165) is 6.42 Å². The van der Waals surface area contributed by atoms with E-state index in [1.165, 1.54) is 6.26 Å². The quantitative estimate of drug-likeness (QED) is 0.884. The Morgan fingerprint density at radius 3 is 2.69 bits per heavy atom. The summed E-state index contributed by atoms with van der Waals surface area (Å²) in [7, 11) is 1.80. The van der Waals surface area contributed by atoms with Gasteiger partial charge in [0, 0.05) is 13.1 Å². The highest BCUT2D eigenvalue weighted by Gasteiger charge is 2.17. The number of amides is 1. The van der Waals surface area contributed by atoms with Crippen LogP contribution in [0.4, 0.5) is 0 Å². The van der Waals surface area contributed by atoms with Crippen molar-refractivity contribution in [2.24, 2.45) is 5.73 Å². The molecule has 1 heterocycles. The average Bonchev–Trinajstić information content (AvgIpc) is 2.74. The van der Waals surface area contributed by atoms with Gasteiger partial charge < -0.3 is 15.1 Å². The van der Waals surface area contributed by atoms with E-state index in [1.807, 2.05) is 6.92 Å². The minimum Gasteiger partial charge on any atom is -0.467 e. The number of hydrogen-bond donors (Lipinski definition) is 1. The molecule has 4 nitrogen and oxygen atoms in total. The summed E-state index contributed by atoms with van der Waals surface area (Å²) in [6.07, 6.45) is 2.40. The summed E-state index contributed by atoms with van der Waals surface area (Å²) in [4.78, 5) is 13.6. The predicted octanol–water partition coefficient (Wildman–Crippen LogP) is 2.03. The Kier molecular flexibility index (Phi) is 6.14. The molecule has 1 rings (SSSR count). The van der Waals surface area contributed by atoms with Crippen molar-refractivity contribution >= 4 is 18.3 Å². The second-order valence-electron chi connectivity index (χ2n) is 3.68. The van der Waals surface area contributed by atoms with Crippen molar-refractivity contribution in [1.82, 2.24) is 4.90 Å². The molecule has 5 heteroatoms. The van der Waals surface area contributed by atoms with Gasteiger partial charge in [-0.2, -0.15) is 0 Å². The fourth-order valence-corrected chi connectivity index (χ4v) is 1.28. The molecule has 0 fully saturated rings. The number of rotatable bonds is 4. The minimum absolute atomic E-state index is 0. The Balaban J connectivity index is 0.00000225. The maximum absolute atomic E-state index is 11.9. The summed E-state index contributed by atoms with van der Waals surface area (Å²) in [5.74, 6) is 0.615. The molecular formula is C11H19ClN2O2. The first-order valence-corrected chi connectivity index (χ1v) is 5.14. The van der Waals surface area contributed by atoms with Crippen molar-refractivity contribution in [1.29, 1.82) is 0 Å². The van der Waals surface area contributed by atoms with E-state index in [-0.39, 0.29) is 24.4 Å². The van der Waals surface area contributed by atoms with Crippen LogP contribution in [0.1, 0.15) is 36.4 Å². The van der Waals surface area contributed by atoms with Crippen LogP contribution in [0.25, 0.3) is 0 Å². The highest BCUT2D eigenvalue weighted by molar-refractivity contribution is 5.94. The van der Waals surface area contributed by atoms with E-state index < -0.39 is 0 Å². The van der Waals surface area contributed by atoms with Gasteiger partial charge in [0.25, 0.3) is 5.91 Å². The SMILES string of the molecule is CCC(C)N(C)C(=O)c1coc(CN)c1.Cl. The number of carbonyl (C=O) groups is 1. The standard InChI is InChI=1S/C11H18N2O2.ClH/c1-4-8(2)13(3)11(14)9-5-10(6-12)15-7-9;/h5,7-8H,4,6,12H2,1-3H3;1H. The zero-order chi connectivity index (χ0) is 11.4. The van der Waals surface area contributed by atoms with Crippen molar-refractivity contribution in [2.45, 2.75) is 32.9 Å². The van der Waals surface area contributed by atoms with Crippen molar-refractivity contribution in [3.05, 3.63) is 23.7 Å². The lowest BCUT2D eigenvalue weighted by Crippen LogP contribution is -2.34. The van der Waals surface area contributed by atoms with Gasteiger partial charge in [0.15, 0.2) is 0 Å². The highest BCUT2D eigenvalue weighted by Crippen LogP contribution is 2.12. The van der Waals surface area contributed by atoms with Gasteiger partial charge in [-0.1, -0.05) is 6.92 Å². The van der Waals surface area contributed by atoms with Crippen molar-refractivity contribution < 1.29 is 9.21 Å². The molecule has 0 aliphatic rings. The Bertz CT molecular complexity index is 338. The third-order valence-electron chi connectivity index (χ3n) is 2.67. The monoisotopic (exact) mass is 246 g/mol.